The van der Waals surface area contributed by atoms with Crippen molar-refractivity contribution in [1.29, 1.82) is 0 Å². The molecule has 0 amide bonds. The van der Waals surface area contributed by atoms with Crippen LogP contribution in [0.5, 0.6) is 0 Å². The summed E-state index contributed by atoms with van der Waals surface area (Å²) in [6.07, 6.45) is 0.155. The molecule has 1 N–H and O–H groups in total. The maximum Gasteiger partial charge on any atom is 0.0741 e. The van der Waals surface area contributed by atoms with Crippen molar-refractivity contribution in [3.63, 3.8) is 0 Å². The predicted molar refractivity (Wildman–Crippen MR) is 79.1 cm³/mol. The first-order valence-corrected chi connectivity index (χ1v) is 7.27. The number of hydrogen-bond acceptors (Lipinski definition) is 2. The molecule has 1 aromatic rings. The number of ether oxygens (including phenoxy) is 1. The zero-order valence-corrected chi connectivity index (χ0v) is 14.1. The van der Waals surface area contributed by atoms with Gasteiger partial charge in [-0.2, -0.15) is 0 Å². The van der Waals surface area contributed by atoms with Crippen LogP contribution in [-0.4, -0.2) is 19.3 Å². The molecule has 0 bridgehead atoms. The summed E-state index contributed by atoms with van der Waals surface area (Å²) >= 11 is 10.5. The van der Waals surface area contributed by atoms with Crippen LogP contribution in [0.1, 0.15) is 13.8 Å². The summed E-state index contributed by atoms with van der Waals surface area (Å²) in [5.41, 5.74) is 1.04. The van der Waals surface area contributed by atoms with E-state index in [2.05, 4.69) is 60.0 Å². The number of anilines is 1. The van der Waals surface area contributed by atoms with Crippen molar-refractivity contribution < 1.29 is 4.74 Å². The Balaban J connectivity index is 2.89. The van der Waals surface area contributed by atoms with Crippen LogP contribution in [0.3, 0.4) is 0 Å². The molecule has 0 aliphatic rings. The van der Waals surface area contributed by atoms with Gasteiger partial charge in [0.25, 0.3) is 0 Å². The second kappa shape index (κ2) is 6.38. The van der Waals surface area contributed by atoms with Gasteiger partial charge in [-0.3, -0.25) is 0 Å². The Kier molecular flexibility index (Phi) is 5.77. The fourth-order valence-corrected chi connectivity index (χ4v) is 3.72. The molecule has 0 aliphatic carbocycles. The minimum Gasteiger partial charge on any atom is -0.380 e. The van der Waals surface area contributed by atoms with E-state index in [0.717, 1.165) is 19.1 Å². The molecule has 0 heterocycles. The molecule has 0 saturated carbocycles. The molecule has 0 aromatic heterocycles. The Morgan fingerprint density at radius 3 is 2.06 bits per heavy atom. The first kappa shape index (κ1) is 14.5. The van der Waals surface area contributed by atoms with Gasteiger partial charge in [0, 0.05) is 26.6 Å². The third-order valence-corrected chi connectivity index (χ3v) is 4.16. The summed E-state index contributed by atoms with van der Waals surface area (Å²) < 4.78 is 8.35. The molecule has 0 fully saturated rings. The van der Waals surface area contributed by atoms with Gasteiger partial charge in [-0.05, 0) is 57.8 Å². The standard InChI is InChI=1S/C11H14Br3NO/c1-6(7(2)16-3)15-11-9(13)4-8(12)5-10(11)14/h4-7,15H,1-3H3. The van der Waals surface area contributed by atoms with E-state index >= 15 is 0 Å². The molecular weight excluding hydrogens is 402 g/mol. The van der Waals surface area contributed by atoms with Crippen LogP contribution in [0, 0.1) is 0 Å². The van der Waals surface area contributed by atoms with Gasteiger partial charge in [0.05, 0.1) is 11.8 Å². The lowest BCUT2D eigenvalue weighted by molar-refractivity contribution is 0.106. The summed E-state index contributed by atoms with van der Waals surface area (Å²) in [5, 5.41) is 3.42. The fraction of sp³-hybridized carbons (Fsp3) is 0.455. The van der Waals surface area contributed by atoms with E-state index in [1.165, 1.54) is 0 Å². The van der Waals surface area contributed by atoms with Gasteiger partial charge >= 0.3 is 0 Å². The Morgan fingerprint density at radius 2 is 1.62 bits per heavy atom. The molecule has 0 aliphatic heterocycles. The molecule has 1 aromatic carbocycles. The molecule has 16 heavy (non-hydrogen) atoms. The van der Waals surface area contributed by atoms with E-state index in [1.54, 1.807) is 7.11 Å². The Morgan fingerprint density at radius 1 is 1.12 bits per heavy atom. The van der Waals surface area contributed by atoms with Crippen molar-refractivity contribution >= 4 is 53.5 Å². The third kappa shape index (κ3) is 3.72. The smallest absolute Gasteiger partial charge is 0.0741 e. The van der Waals surface area contributed by atoms with Crippen LogP contribution in [-0.2, 0) is 4.74 Å². The number of hydrogen-bond donors (Lipinski definition) is 1. The van der Waals surface area contributed by atoms with Gasteiger partial charge in [0.1, 0.15) is 0 Å². The van der Waals surface area contributed by atoms with Crippen molar-refractivity contribution in [2.24, 2.45) is 0 Å². The van der Waals surface area contributed by atoms with Gasteiger partial charge < -0.3 is 10.1 Å². The summed E-state index contributed by atoms with van der Waals surface area (Å²) in [6, 6.07) is 4.26. The maximum atomic E-state index is 5.29. The molecule has 2 nitrogen and oxygen atoms in total. The van der Waals surface area contributed by atoms with Crippen molar-refractivity contribution in [3.05, 3.63) is 25.6 Å². The molecule has 90 valence electrons. The SMILES string of the molecule is COC(C)C(C)Nc1c(Br)cc(Br)cc1Br. The van der Waals surface area contributed by atoms with Gasteiger partial charge in [-0.1, -0.05) is 15.9 Å². The maximum absolute atomic E-state index is 5.29. The Bertz CT molecular complexity index is 347. The fourth-order valence-electron chi connectivity index (χ4n) is 1.23. The quantitative estimate of drug-likeness (QED) is 0.762. The lowest BCUT2D eigenvalue weighted by atomic mass is 10.2. The molecule has 1 rings (SSSR count). The van der Waals surface area contributed by atoms with Crippen LogP contribution in [0.2, 0.25) is 0 Å². The number of benzene rings is 1. The van der Waals surface area contributed by atoms with Crippen molar-refractivity contribution in [1.82, 2.24) is 0 Å². The average molecular weight is 416 g/mol. The summed E-state index contributed by atoms with van der Waals surface area (Å²) in [6.45, 7) is 4.13. The average Bonchev–Trinajstić information content (AvgIpc) is 2.21. The van der Waals surface area contributed by atoms with Gasteiger partial charge in [0.2, 0.25) is 0 Å². The number of rotatable bonds is 4. The Hall–Kier alpha value is 0.420. The van der Waals surface area contributed by atoms with E-state index in [9.17, 15) is 0 Å². The van der Waals surface area contributed by atoms with Gasteiger partial charge in [-0.25, -0.2) is 0 Å². The monoisotopic (exact) mass is 413 g/mol. The van der Waals surface area contributed by atoms with Gasteiger partial charge in [-0.15, -0.1) is 0 Å². The normalized spacial score (nSPS) is 14.6. The largest absolute Gasteiger partial charge is 0.380 e. The molecule has 0 radical (unpaired) electrons. The first-order valence-electron chi connectivity index (χ1n) is 4.89. The molecule has 2 unspecified atom stereocenters. The van der Waals surface area contributed by atoms with Gasteiger partial charge in [0.15, 0.2) is 0 Å². The highest BCUT2D eigenvalue weighted by atomic mass is 79.9. The van der Waals surface area contributed by atoms with Crippen molar-refractivity contribution in [3.8, 4) is 0 Å². The highest BCUT2D eigenvalue weighted by Gasteiger charge is 2.14. The molecule has 0 spiro atoms. The van der Waals surface area contributed by atoms with E-state index < -0.39 is 0 Å². The number of halogens is 3. The Labute approximate surface area is 122 Å². The molecular formula is C11H14Br3NO. The van der Waals surface area contributed by atoms with E-state index in [4.69, 9.17) is 4.74 Å². The second-order valence-electron chi connectivity index (χ2n) is 3.62. The van der Waals surface area contributed by atoms with Crippen molar-refractivity contribution in [2.75, 3.05) is 12.4 Å². The highest BCUT2D eigenvalue weighted by Crippen LogP contribution is 2.34. The van der Waals surface area contributed by atoms with E-state index in [1.807, 2.05) is 19.1 Å². The lowest BCUT2D eigenvalue weighted by Gasteiger charge is -2.22. The van der Waals surface area contributed by atoms with Crippen LogP contribution < -0.4 is 5.32 Å². The molecule has 2 atom stereocenters. The zero-order valence-electron chi connectivity index (χ0n) is 9.35. The topological polar surface area (TPSA) is 21.3 Å². The second-order valence-corrected chi connectivity index (χ2v) is 6.24. The van der Waals surface area contributed by atoms with Crippen molar-refractivity contribution in [2.45, 2.75) is 26.0 Å². The van der Waals surface area contributed by atoms with Crippen LogP contribution in [0.4, 0.5) is 5.69 Å². The first-order chi connectivity index (χ1) is 7.45. The zero-order chi connectivity index (χ0) is 12.3. The minimum absolute atomic E-state index is 0.155. The van der Waals surface area contributed by atoms with Crippen LogP contribution in [0.25, 0.3) is 0 Å². The number of nitrogens with one attached hydrogen (secondary N) is 1. The lowest BCUT2D eigenvalue weighted by Crippen LogP contribution is -2.29. The minimum atomic E-state index is 0.155. The summed E-state index contributed by atoms with van der Waals surface area (Å²) in [7, 11) is 1.72. The van der Waals surface area contributed by atoms with E-state index in [0.29, 0.717) is 0 Å². The summed E-state index contributed by atoms with van der Waals surface area (Å²) in [4.78, 5) is 0. The molecule has 0 saturated heterocycles. The third-order valence-electron chi connectivity index (χ3n) is 2.45. The summed E-state index contributed by atoms with van der Waals surface area (Å²) in [5.74, 6) is 0. The number of methoxy groups -OCH3 is 1. The van der Waals surface area contributed by atoms with E-state index in [-0.39, 0.29) is 12.1 Å². The van der Waals surface area contributed by atoms with Crippen LogP contribution >= 0.6 is 47.8 Å². The highest BCUT2D eigenvalue weighted by molar-refractivity contribution is 9.11. The van der Waals surface area contributed by atoms with Crippen LogP contribution in [0.15, 0.2) is 25.6 Å². The predicted octanol–water partition coefficient (Wildman–Crippen LogP) is 4.81. The molecule has 5 heteroatoms.